The van der Waals surface area contributed by atoms with Gasteiger partial charge in [0.05, 0.1) is 5.69 Å². The number of ether oxygens (including phenoxy) is 1. The minimum atomic E-state index is -0.474. The van der Waals surface area contributed by atoms with E-state index >= 15 is 0 Å². The van der Waals surface area contributed by atoms with Crippen LogP contribution in [0.25, 0.3) is 0 Å². The molecule has 21 heavy (non-hydrogen) atoms. The van der Waals surface area contributed by atoms with Crippen LogP contribution in [0.1, 0.15) is 12.8 Å². The average molecular weight is 291 g/mol. The zero-order valence-corrected chi connectivity index (χ0v) is 12.4. The molecule has 0 amide bonds. The first-order chi connectivity index (χ1) is 10.2. The number of para-hydroxylation sites is 2. The van der Waals surface area contributed by atoms with Crippen molar-refractivity contribution in [2.45, 2.75) is 25.0 Å². The van der Waals surface area contributed by atoms with Crippen LogP contribution in [0.5, 0.6) is 5.75 Å². The first-order valence-electron chi connectivity index (χ1n) is 7.84. The largest absolute Gasteiger partial charge is 0.489 e. The molecule has 5 nitrogen and oxygen atoms in total. The van der Waals surface area contributed by atoms with E-state index in [1.807, 2.05) is 18.2 Å². The highest BCUT2D eigenvalue weighted by atomic mass is 16.5. The molecular weight excluding hydrogens is 266 g/mol. The Balaban J connectivity index is 1.44. The van der Waals surface area contributed by atoms with Gasteiger partial charge in [0.1, 0.15) is 18.5 Å². The second-order valence-corrected chi connectivity index (χ2v) is 6.09. The summed E-state index contributed by atoms with van der Waals surface area (Å²) in [4.78, 5) is 4.93. The normalized spacial score (nSPS) is 24.7. The summed E-state index contributed by atoms with van der Waals surface area (Å²) in [6.07, 6.45) is 2.14. The molecule has 2 aliphatic rings. The van der Waals surface area contributed by atoms with Crippen LogP contribution in [0.4, 0.5) is 5.69 Å². The Kier molecular flexibility index (Phi) is 4.63. The fraction of sp³-hybridized carbons (Fsp3) is 0.625. The average Bonchev–Trinajstić information content (AvgIpc) is 2.94. The molecule has 1 aromatic carbocycles. The first-order valence-corrected chi connectivity index (χ1v) is 7.84. The lowest BCUT2D eigenvalue weighted by Gasteiger charge is -2.38. The molecule has 0 radical (unpaired) electrons. The van der Waals surface area contributed by atoms with Crippen molar-refractivity contribution in [2.75, 3.05) is 45.1 Å². The third-order valence-corrected chi connectivity index (χ3v) is 4.49. The second-order valence-electron chi connectivity index (χ2n) is 6.09. The van der Waals surface area contributed by atoms with E-state index in [-0.39, 0.29) is 0 Å². The molecule has 116 valence electrons. The maximum atomic E-state index is 10.2. The van der Waals surface area contributed by atoms with Gasteiger partial charge in [-0.2, -0.15) is 0 Å². The number of hydrogen-bond acceptors (Lipinski definition) is 5. The fourth-order valence-electron chi connectivity index (χ4n) is 3.37. The number of nitrogens with zero attached hydrogens (tertiary/aromatic N) is 2. The number of piperazine rings is 1. The van der Waals surface area contributed by atoms with Gasteiger partial charge in [0.2, 0.25) is 0 Å². The molecule has 1 aromatic rings. The van der Waals surface area contributed by atoms with Crippen molar-refractivity contribution >= 4 is 5.69 Å². The van der Waals surface area contributed by atoms with Crippen LogP contribution >= 0.6 is 0 Å². The lowest BCUT2D eigenvalue weighted by Crippen LogP contribution is -2.52. The quantitative estimate of drug-likeness (QED) is 0.785. The van der Waals surface area contributed by atoms with Gasteiger partial charge in [0, 0.05) is 32.2 Å². The van der Waals surface area contributed by atoms with Crippen LogP contribution in [0.15, 0.2) is 24.3 Å². The number of aliphatic hydroxyl groups is 1. The van der Waals surface area contributed by atoms with Gasteiger partial charge in [-0.05, 0) is 31.5 Å². The molecule has 2 unspecified atom stereocenters. The minimum Gasteiger partial charge on any atom is -0.489 e. The number of fused-ring (bicyclic) bond motifs is 1. The van der Waals surface area contributed by atoms with Gasteiger partial charge in [0.15, 0.2) is 0 Å². The highest BCUT2D eigenvalue weighted by Gasteiger charge is 2.31. The summed E-state index contributed by atoms with van der Waals surface area (Å²) in [5.74, 6) is 0.650. The van der Waals surface area contributed by atoms with Crippen molar-refractivity contribution in [1.29, 1.82) is 0 Å². The number of nitrogens with two attached hydrogens (primary N) is 1. The van der Waals surface area contributed by atoms with Crippen LogP contribution in [0.2, 0.25) is 0 Å². The molecule has 3 rings (SSSR count). The molecule has 2 saturated heterocycles. The summed E-state index contributed by atoms with van der Waals surface area (Å²) in [5, 5.41) is 10.2. The Morgan fingerprint density at radius 1 is 1.29 bits per heavy atom. The van der Waals surface area contributed by atoms with Crippen molar-refractivity contribution in [3.63, 3.8) is 0 Å². The van der Waals surface area contributed by atoms with Crippen molar-refractivity contribution in [2.24, 2.45) is 0 Å². The zero-order valence-electron chi connectivity index (χ0n) is 12.4. The number of nitrogen functional groups attached to an aromatic ring is 1. The molecule has 5 heteroatoms. The molecule has 2 heterocycles. The van der Waals surface area contributed by atoms with Gasteiger partial charge < -0.3 is 15.6 Å². The second kappa shape index (κ2) is 6.64. The van der Waals surface area contributed by atoms with E-state index in [1.165, 1.54) is 19.4 Å². The number of benzene rings is 1. The van der Waals surface area contributed by atoms with E-state index in [0.29, 0.717) is 30.6 Å². The fourth-order valence-corrected chi connectivity index (χ4v) is 3.37. The highest BCUT2D eigenvalue weighted by Crippen LogP contribution is 2.22. The molecule has 0 aromatic heterocycles. The van der Waals surface area contributed by atoms with Gasteiger partial charge in [-0.15, -0.1) is 0 Å². The molecule has 3 N–H and O–H groups in total. The van der Waals surface area contributed by atoms with Crippen molar-refractivity contribution < 1.29 is 9.84 Å². The number of aliphatic hydroxyl groups excluding tert-OH is 1. The van der Waals surface area contributed by atoms with Gasteiger partial charge in [-0.3, -0.25) is 9.80 Å². The van der Waals surface area contributed by atoms with Crippen molar-refractivity contribution in [1.82, 2.24) is 9.80 Å². The lowest BCUT2D eigenvalue weighted by molar-refractivity contribution is 0.0357. The summed E-state index contributed by atoms with van der Waals surface area (Å²) in [7, 11) is 0. The summed E-state index contributed by atoms with van der Waals surface area (Å²) in [6, 6.07) is 8.09. The van der Waals surface area contributed by atoms with Gasteiger partial charge >= 0.3 is 0 Å². The maximum Gasteiger partial charge on any atom is 0.142 e. The predicted molar refractivity (Wildman–Crippen MR) is 83.4 cm³/mol. The summed E-state index contributed by atoms with van der Waals surface area (Å²) in [6.45, 7) is 5.46. The van der Waals surface area contributed by atoms with Gasteiger partial charge in [-0.1, -0.05) is 12.1 Å². The topological polar surface area (TPSA) is 62.0 Å². The van der Waals surface area contributed by atoms with Gasteiger partial charge in [0.25, 0.3) is 0 Å². The summed E-state index contributed by atoms with van der Waals surface area (Å²) in [5.41, 5.74) is 6.44. The van der Waals surface area contributed by atoms with E-state index in [1.54, 1.807) is 6.07 Å². The van der Waals surface area contributed by atoms with E-state index in [9.17, 15) is 5.11 Å². The SMILES string of the molecule is Nc1ccccc1OCC(O)CN1CCN2CCCC2C1. The molecule has 0 saturated carbocycles. The standard InChI is InChI=1S/C16H25N3O2/c17-15-5-1-2-6-16(15)21-12-14(20)11-18-8-9-19-7-3-4-13(19)10-18/h1-2,5-6,13-14,20H,3-4,7-12,17H2. The van der Waals surface area contributed by atoms with Crippen molar-refractivity contribution in [3.8, 4) is 5.75 Å². The smallest absolute Gasteiger partial charge is 0.142 e. The first kappa shape index (κ1) is 14.6. The van der Waals surface area contributed by atoms with Crippen LogP contribution in [0, 0.1) is 0 Å². The summed E-state index contributed by atoms with van der Waals surface area (Å²) < 4.78 is 5.61. The van der Waals surface area contributed by atoms with E-state index in [4.69, 9.17) is 10.5 Å². The molecule has 2 aliphatic heterocycles. The number of anilines is 1. The monoisotopic (exact) mass is 291 g/mol. The van der Waals surface area contributed by atoms with Crippen molar-refractivity contribution in [3.05, 3.63) is 24.3 Å². The molecule has 2 atom stereocenters. The number of hydrogen-bond donors (Lipinski definition) is 2. The lowest BCUT2D eigenvalue weighted by atomic mass is 10.1. The third kappa shape index (κ3) is 3.67. The third-order valence-electron chi connectivity index (χ3n) is 4.49. The van der Waals surface area contributed by atoms with Crippen LogP contribution in [-0.2, 0) is 0 Å². The van der Waals surface area contributed by atoms with Crippen LogP contribution in [-0.4, -0.2) is 66.4 Å². The molecular formula is C16H25N3O2. The van der Waals surface area contributed by atoms with E-state index < -0.39 is 6.10 Å². The number of rotatable bonds is 5. The summed E-state index contributed by atoms with van der Waals surface area (Å²) >= 11 is 0. The van der Waals surface area contributed by atoms with Crippen LogP contribution < -0.4 is 10.5 Å². The van der Waals surface area contributed by atoms with Crippen LogP contribution in [0.3, 0.4) is 0 Å². The van der Waals surface area contributed by atoms with Gasteiger partial charge in [-0.25, -0.2) is 0 Å². The highest BCUT2D eigenvalue weighted by molar-refractivity contribution is 5.51. The Hall–Kier alpha value is -1.30. The maximum absolute atomic E-state index is 10.2. The molecule has 2 fully saturated rings. The Morgan fingerprint density at radius 2 is 2.14 bits per heavy atom. The number of β-amino-alcohol motifs (C(OH)–C–C–N with tert-alkyl or cyclic N) is 1. The van der Waals surface area contributed by atoms with E-state index in [0.717, 1.165) is 19.6 Å². The Labute approximate surface area is 126 Å². The minimum absolute atomic E-state index is 0.291. The van der Waals surface area contributed by atoms with E-state index in [2.05, 4.69) is 9.80 Å². The molecule has 0 bridgehead atoms. The molecule has 0 aliphatic carbocycles. The molecule has 0 spiro atoms. The Bertz CT molecular complexity index is 469. The zero-order chi connectivity index (χ0) is 14.7. The Morgan fingerprint density at radius 3 is 3.00 bits per heavy atom. The predicted octanol–water partition coefficient (Wildman–Crippen LogP) is 0.788.